The van der Waals surface area contributed by atoms with E-state index >= 15 is 0 Å². The second-order valence-electron chi connectivity index (χ2n) is 5.70. The van der Waals surface area contributed by atoms with E-state index in [2.05, 4.69) is 15.2 Å². The minimum atomic E-state index is -0.0856. The van der Waals surface area contributed by atoms with E-state index in [0.29, 0.717) is 18.8 Å². The number of piperazine rings is 1. The van der Waals surface area contributed by atoms with Crippen molar-refractivity contribution in [2.24, 2.45) is 0 Å². The Hall–Kier alpha value is -2.15. The molecule has 7 heteroatoms. The number of carbonyl (C=O) groups excluding carboxylic acids is 1. The Labute approximate surface area is 128 Å². The van der Waals surface area contributed by atoms with E-state index in [-0.39, 0.29) is 5.91 Å². The van der Waals surface area contributed by atoms with Gasteiger partial charge in [-0.05, 0) is 20.8 Å². The number of carbonyl (C=O) groups is 1. The zero-order valence-electron chi connectivity index (χ0n) is 13.1. The lowest BCUT2D eigenvalue weighted by Crippen LogP contribution is -2.48. The molecule has 2 aromatic heterocycles. The van der Waals surface area contributed by atoms with Crippen molar-refractivity contribution in [2.45, 2.75) is 27.3 Å². The number of aryl methyl sites for hydroxylation is 3. The zero-order valence-corrected chi connectivity index (χ0v) is 13.1. The lowest BCUT2D eigenvalue weighted by molar-refractivity contribution is 0.0588. The van der Waals surface area contributed by atoms with Gasteiger partial charge in [0.1, 0.15) is 5.76 Å². The molecule has 0 aliphatic carbocycles. The number of hydrogen-bond acceptors (Lipinski definition) is 6. The van der Waals surface area contributed by atoms with Gasteiger partial charge >= 0.3 is 0 Å². The Kier molecular flexibility index (Phi) is 3.98. The average molecular weight is 304 g/mol. The summed E-state index contributed by atoms with van der Waals surface area (Å²) in [7, 11) is 0. The quantitative estimate of drug-likeness (QED) is 0.856. The van der Waals surface area contributed by atoms with Gasteiger partial charge in [-0.2, -0.15) is 0 Å². The van der Waals surface area contributed by atoms with Crippen LogP contribution in [0.5, 0.6) is 0 Å². The summed E-state index contributed by atoms with van der Waals surface area (Å²) in [4.78, 5) is 16.4. The monoisotopic (exact) mass is 304 g/mol. The van der Waals surface area contributed by atoms with Gasteiger partial charge in [0.25, 0.3) is 5.91 Å². The predicted octanol–water partition coefficient (Wildman–Crippen LogP) is 1.55. The Morgan fingerprint density at radius 3 is 2.41 bits per heavy atom. The maximum absolute atomic E-state index is 12.3. The van der Waals surface area contributed by atoms with Crippen LogP contribution >= 0.6 is 0 Å². The van der Waals surface area contributed by atoms with Crippen molar-refractivity contribution in [3.05, 3.63) is 34.5 Å². The molecule has 0 unspecified atom stereocenters. The summed E-state index contributed by atoms with van der Waals surface area (Å²) in [5, 5.41) is 7.75. The number of amides is 1. The van der Waals surface area contributed by atoms with Crippen LogP contribution in [-0.4, -0.2) is 52.2 Å². The van der Waals surface area contributed by atoms with E-state index in [1.165, 1.54) is 0 Å². The van der Waals surface area contributed by atoms with Crippen LogP contribution in [0.15, 0.2) is 15.1 Å². The summed E-state index contributed by atoms with van der Waals surface area (Å²) < 4.78 is 10.2. The third kappa shape index (κ3) is 2.89. The van der Waals surface area contributed by atoms with Crippen molar-refractivity contribution in [3.63, 3.8) is 0 Å². The number of rotatable bonds is 3. The van der Waals surface area contributed by atoms with Crippen molar-refractivity contribution in [2.75, 3.05) is 26.2 Å². The molecule has 118 valence electrons. The second-order valence-corrected chi connectivity index (χ2v) is 5.70. The van der Waals surface area contributed by atoms with Crippen LogP contribution in [0.3, 0.4) is 0 Å². The molecule has 3 heterocycles. The molecular formula is C15H20N4O3. The Balaban J connectivity index is 1.57. The minimum absolute atomic E-state index is 0.0856. The van der Waals surface area contributed by atoms with Gasteiger partial charge in [0.05, 0.1) is 11.4 Å². The van der Waals surface area contributed by atoms with Gasteiger partial charge in [0, 0.05) is 44.4 Å². The van der Waals surface area contributed by atoms with Crippen LogP contribution in [0, 0.1) is 20.8 Å². The molecule has 1 saturated heterocycles. The molecule has 7 nitrogen and oxygen atoms in total. The number of nitrogens with zero attached hydrogens (tertiary/aromatic N) is 4. The van der Waals surface area contributed by atoms with Crippen LogP contribution in [0.1, 0.15) is 33.3 Å². The zero-order chi connectivity index (χ0) is 15.7. The summed E-state index contributed by atoms with van der Waals surface area (Å²) in [5.74, 6) is 1.10. The van der Waals surface area contributed by atoms with E-state index < -0.39 is 0 Å². The van der Waals surface area contributed by atoms with E-state index in [4.69, 9.17) is 9.05 Å². The fourth-order valence-corrected chi connectivity index (χ4v) is 2.68. The van der Waals surface area contributed by atoms with Crippen LogP contribution in [0.2, 0.25) is 0 Å². The van der Waals surface area contributed by atoms with Crippen LogP contribution in [0.4, 0.5) is 0 Å². The Morgan fingerprint density at radius 2 is 1.86 bits per heavy atom. The first-order valence-corrected chi connectivity index (χ1v) is 7.41. The van der Waals surface area contributed by atoms with Gasteiger partial charge in [-0.15, -0.1) is 0 Å². The molecule has 2 aromatic rings. The largest absolute Gasteiger partial charge is 0.361 e. The number of hydrogen-bond donors (Lipinski definition) is 0. The van der Waals surface area contributed by atoms with Crippen molar-refractivity contribution in [1.29, 1.82) is 0 Å². The SMILES string of the molecule is Cc1cc(C(=O)N2CCN(Cc3c(C)noc3C)CC2)on1. The molecule has 0 atom stereocenters. The Morgan fingerprint density at radius 1 is 1.14 bits per heavy atom. The molecule has 1 fully saturated rings. The maximum atomic E-state index is 12.3. The van der Waals surface area contributed by atoms with Gasteiger partial charge in [0.15, 0.2) is 0 Å². The fourth-order valence-electron chi connectivity index (χ4n) is 2.68. The highest BCUT2D eigenvalue weighted by Gasteiger charge is 2.25. The molecule has 22 heavy (non-hydrogen) atoms. The van der Waals surface area contributed by atoms with Crippen molar-refractivity contribution >= 4 is 5.91 Å². The smallest absolute Gasteiger partial charge is 0.292 e. The molecule has 1 aliphatic rings. The van der Waals surface area contributed by atoms with E-state index in [9.17, 15) is 4.79 Å². The van der Waals surface area contributed by atoms with Crippen LogP contribution < -0.4 is 0 Å². The second kappa shape index (κ2) is 5.92. The highest BCUT2D eigenvalue weighted by atomic mass is 16.5. The number of aromatic nitrogens is 2. The standard InChI is InChI=1S/C15H20N4O3/c1-10-8-14(22-16-10)15(20)19-6-4-18(5-7-19)9-13-11(2)17-21-12(13)3/h8H,4-7,9H2,1-3H3. The first-order chi connectivity index (χ1) is 10.5. The van der Waals surface area contributed by atoms with Gasteiger partial charge < -0.3 is 13.9 Å². The molecule has 0 bridgehead atoms. The van der Waals surface area contributed by atoms with Gasteiger partial charge in [-0.3, -0.25) is 9.69 Å². The third-order valence-corrected chi connectivity index (χ3v) is 4.06. The topological polar surface area (TPSA) is 75.6 Å². The molecule has 0 saturated carbocycles. The van der Waals surface area contributed by atoms with Crippen molar-refractivity contribution < 1.29 is 13.8 Å². The van der Waals surface area contributed by atoms with E-state index in [1.54, 1.807) is 6.07 Å². The molecular weight excluding hydrogens is 284 g/mol. The predicted molar refractivity (Wildman–Crippen MR) is 78.4 cm³/mol. The van der Waals surface area contributed by atoms with Crippen LogP contribution in [0.25, 0.3) is 0 Å². The molecule has 0 radical (unpaired) electrons. The summed E-state index contributed by atoms with van der Waals surface area (Å²) in [6.45, 7) is 9.52. The summed E-state index contributed by atoms with van der Waals surface area (Å²) in [6.07, 6.45) is 0. The average Bonchev–Trinajstić information content (AvgIpc) is 3.08. The van der Waals surface area contributed by atoms with Crippen molar-refractivity contribution in [3.8, 4) is 0 Å². The molecule has 1 amide bonds. The molecule has 0 spiro atoms. The minimum Gasteiger partial charge on any atom is -0.361 e. The highest BCUT2D eigenvalue weighted by Crippen LogP contribution is 2.17. The molecule has 0 N–H and O–H groups in total. The summed E-state index contributed by atoms with van der Waals surface area (Å²) in [5.41, 5.74) is 2.80. The lowest BCUT2D eigenvalue weighted by Gasteiger charge is -2.34. The normalized spacial score (nSPS) is 16.2. The summed E-state index contributed by atoms with van der Waals surface area (Å²) in [6, 6.07) is 1.68. The van der Waals surface area contributed by atoms with E-state index in [0.717, 1.165) is 42.3 Å². The van der Waals surface area contributed by atoms with Gasteiger partial charge in [0.2, 0.25) is 5.76 Å². The lowest BCUT2D eigenvalue weighted by atomic mass is 10.1. The van der Waals surface area contributed by atoms with E-state index in [1.807, 2.05) is 25.7 Å². The fraction of sp³-hybridized carbons (Fsp3) is 0.533. The first-order valence-electron chi connectivity index (χ1n) is 7.41. The molecule has 1 aliphatic heterocycles. The maximum Gasteiger partial charge on any atom is 0.292 e. The van der Waals surface area contributed by atoms with Gasteiger partial charge in [-0.1, -0.05) is 10.3 Å². The van der Waals surface area contributed by atoms with Gasteiger partial charge in [-0.25, -0.2) is 0 Å². The summed E-state index contributed by atoms with van der Waals surface area (Å²) >= 11 is 0. The highest BCUT2D eigenvalue weighted by molar-refractivity contribution is 5.91. The molecule has 0 aromatic carbocycles. The van der Waals surface area contributed by atoms with Crippen molar-refractivity contribution in [1.82, 2.24) is 20.1 Å². The molecule has 3 rings (SSSR count). The van der Waals surface area contributed by atoms with Crippen LogP contribution in [-0.2, 0) is 6.54 Å². The third-order valence-electron chi connectivity index (χ3n) is 4.06. The Bertz CT molecular complexity index is 649. The first kappa shape index (κ1) is 14.8.